The minimum atomic E-state index is -0.0544. The highest BCUT2D eigenvalue weighted by atomic mass is 32.2. The maximum Gasteiger partial charge on any atom is 0.178 e. The fraction of sp³-hybridized carbons (Fsp3) is 1.00. The van der Waals surface area contributed by atoms with E-state index in [4.69, 9.17) is 9.78 Å². The van der Waals surface area contributed by atoms with Gasteiger partial charge in [0.25, 0.3) is 0 Å². The number of hydrogen-bond acceptors (Lipinski definition) is 3. The Bertz CT molecular complexity index is 183. The first-order valence-electron chi connectivity index (χ1n) is 4.11. The molecule has 0 aromatic rings. The molecule has 2 fully saturated rings. The van der Waals surface area contributed by atoms with Crippen LogP contribution in [0.25, 0.3) is 0 Å². The van der Waals surface area contributed by atoms with Crippen molar-refractivity contribution in [3.8, 4) is 0 Å². The molecule has 0 N–H and O–H groups in total. The molecule has 11 heavy (non-hydrogen) atoms. The van der Waals surface area contributed by atoms with Crippen molar-refractivity contribution in [3.63, 3.8) is 0 Å². The highest BCUT2D eigenvalue weighted by Gasteiger charge is 2.66. The Morgan fingerprint density at radius 2 is 2.09 bits per heavy atom. The summed E-state index contributed by atoms with van der Waals surface area (Å²) >= 11 is 1.87. The maximum absolute atomic E-state index is 5.29. The molecule has 2 aliphatic rings. The fourth-order valence-corrected chi connectivity index (χ4v) is 3.48. The molecule has 2 aliphatic heterocycles. The smallest absolute Gasteiger partial charge is 0.178 e. The zero-order valence-corrected chi connectivity index (χ0v) is 8.03. The third kappa shape index (κ3) is 0.767. The third-order valence-electron chi connectivity index (χ3n) is 2.90. The molecule has 2 saturated heterocycles. The molecule has 0 spiro atoms. The Hall–Kier alpha value is 0.270. The largest absolute Gasteiger partial charge is 0.224 e. The predicted molar refractivity (Wildman–Crippen MR) is 45.2 cm³/mol. The molecular weight excluding hydrogens is 160 g/mol. The number of hydrogen-bond donors (Lipinski definition) is 0. The van der Waals surface area contributed by atoms with Gasteiger partial charge in [-0.2, -0.15) is 0 Å². The molecule has 2 atom stereocenters. The molecule has 0 amide bonds. The lowest BCUT2D eigenvalue weighted by Gasteiger charge is -2.51. The molecule has 0 aromatic carbocycles. The van der Waals surface area contributed by atoms with Crippen LogP contribution in [0.5, 0.6) is 0 Å². The molecular formula is C8H14O2S. The SMILES string of the molecule is CC(C)[C@@]12CCS[C@]1(C)OO2. The number of fused-ring (bicyclic) bond motifs is 1. The summed E-state index contributed by atoms with van der Waals surface area (Å²) in [6.45, 7) is 6.54. The first kappa shape index (κ1) is 7.90. The Morgan fingerprint density at radius 1 is 1.36 bits per heavy atom. The van der Waals surface area contributed by atoms with E-state index in [1.807, 2.05) is 11.8 Å². The third-order valence-corrected chi connectivity index (χ3v) is 4.27. The second kappa shape index (κ2) is 2.15. The Kier molecular flexibility index (Phi) is 1.54. The second-order valence-corrected chi connectivity index (χ2v) is 5.23. The van der Waals surface area contributed by atoms with E-state index in [1.54, 1.807) is 0 Å². The average molecular weight is 174 g/mol. The molecule has 2 rings (SSSR count). The average Bonchev–Trinajstić information content (AvgIpc) is 2.13. The van der Waals surface area contributed by atoms with Gasteiger partial charge in [-0.1, -0.05) is 13.8 Å². The van der Waals surface area contributed by atoms with Gasteiger partial charge >= 0.3 is 0 Å². The summed E-state index contributed by atoms with van der Waals surface area (Å²) in [5, 5.41) is 0. The highest BCUT2D eigenvalue weighted by Crippen LogP contribution is 2.59. The standard InChI is InChI=1S/C8H14O2S/c1-6(2)8-4-5-11-7(8,3)9-10-8/h6H,4-5H2,1-3H3/t7-,8-/m0/s1. The van der Waals surface area contributed by atoms with Gasteiger partial charge < -0.3 is 0 Å². The van der Waals surface area contributed by atoms with E-state index in [9.17, 15) is 0 Å². The summed E-state index contributed by atoms with van der Waals surface area (Å²) in [6, 6.07) is 0. The van der Waals surface area contributed by atoms with Crippen molar-refractivity contribution in [2.24, 2.45) is 5.92 Å². The summed E-state index contributed by atoms with van der Waals surface area (Å²) in [4.78, 5) is 10.4. The van der Waals surface area contributed by atoms with Crippen molar-refractivity contribution in [1.29, 1.82) is 0 Å². The van der Waals surface area contributed by atoms with Crippen LogP contribution in [0.2, 0.25) is 0 Å². The fourth-order valence-electron chi connectivity index (χ4n) is 1.99. The van der Waals surface area contributed by atoms with Crippen LogP contribution in [-0.4, -0.2) is 16.3 Å². The van der Waals surface area contributed by atoms with Gasteiger partial charge in [0.1, 0.15) is 5.60 Å². The van der Waals surface area contributed by atoms with Crippen LogP contribution in [0.3, 0.4) is 0 Å². The van der Waals surface area contributed by atoms with Crippen molar-refractivity contribution in [3.05, 3.63) is 0 Å². The first-order valence-corrected chi connectivity index (χ1v) is 5.10. The van der Waals surface area contributed by atoms with Crippen molar-refractivity contribution in [1.82, 2.24) is 0 Å². The van der Waals surface area contributed by atoms with Crippen LogP contribution < -0.4 is 0 Å². The zero-order valence-electron chi connectivity index (χ0n) is 7.22. The normalized spacial score (nSPS) is 49.1. The van der Waals surface area contributed by atoms with Crippen molar-refractivity contribution in [2.45, 2.75) is 37.7 Å². The van der Waals surface area contributed by atoms with Crippen LogP contribution in [0.15, 0.2) is 0 Å². The van der Waals surface area contributed by atoms with Crippen LogP contribution in [-0.2, 0) is 9.78 Å². The lowest BCUT2D eigenvalue weighted by Crippen LogP contribution is -2.63. The Balaban J connectivity index is 2.25. The summed E-state index contributed by atoms with van der Waals surface area (Å²) < 4.78 is 0. The topological polar surface area (TPSA) is 18.5 Å². The minimum absolute atomic E-state index is 0.0116. The van der Waals surface area contributed by atoms with Gasteiger partial charge in [-0.15, -0.1) is 11.8 Å². The summed E-state index contributed by atoms with van der Waals surface area (Å²) in [7, 11) is 0. The van der Waals surface area contributed by atoms with E-state index < -0.39 is 0 Å². The van der Waals surface area contributed by atoms with Gasteiger partial charge in [-0.05, 0) is 25.0 Å². The van der Waals surface area contributed by atoms with Gasteiger partial charge in [0, 0.05) is 0 Å². The van der Waals surface area contributed by atoms with E-state index >= 15 is 0 Å². The van der Waals surface area contributed by atoms with Crippen molar-refractivity contribution in [2.75, 3.05) is 5.75 Å². The zero-order chi connectivity index (χ0) is 8.11. The second-order valence-electron chi connectivity index (χ2n) is 3.76. The quantitative estimate of drug-likeness (QED) is 0.568. The Morgan fingerprint density at radius 3 is 2.36 bits per heavy atom. The molecule has 3 heteroatoms. The van der Waals surface area contributed by atoms with E-state index in [0.29, 0.717) is 5.92 Å². The maximum atomic E-state index is 5.29. The highest BCUT2D eigenvalue weighted by molar-refractivity contribution is 8.00. The molecule has 0 aliphatic carbocycles. The van der Waals surface area contributed by atoms with Crippen LogP contribution in [0, 0.1) is 5.92 Å². The molecule has 0 saturated carbocycles. The van der Waals surface area contributed by atoms with Gasteiger partial charge in [0.2, 0.25) is 0 Å². The Labute approximate surface area is 71.6 Å². The van der Waals surface area contributed by atoms with E-state index in [2.05, 4.69) is 20.8 Å². The molecule has 64 valence electrons. The van der Waals surface area contributed by atoms with Crippen molar-refractivity contribution >= 4 is 11.8 Å². The first-order chi connectivity index (χ1) is 5.11. The number of rotatable bonds is 1. The van der Waals surface area contributed by atoms with Crippen LogP contribution in [0.4, 0.5) is 0 Å². The molecule has 0 aromatic heterocycles. The van der Waals surface area contributed by atoms with E-state index in [1.165, 1.54) is 0 Å². The lowest BCUT2D eigenvalue weighted by molar-refractivity contribution is -0.526. The van der Waals surface area contributed by atoms with Crippen LogP contribution >= 0.6 is 11.8 Å². The van der Waals surface area contributed by atoms with Gasteiger partial charge in [0.05, 0.1) is 0 Å². The predicted octanol–water partition coefficient (Wildman–Crippen LogP) is 2.20. The molecule has 0 unspecified atom stereocenters. The number of thioether (sulfide) groups is 1. The van der Waals surface area contributed by atoms with Gasteiger partial charge in [-0.25, -0.2) is 9.78 Å². The van der Waals surface area contributed by atoms with E-state index in [-0.39, 0.29) is 10.5 Å². The monoisotopic (exact) mass is 174 g/mol. The molecule has 2 heterocycles. The summed E-state index contributed by atoms with van der Waals surface area (Å²) in [5.74, 6) is 1.71. The van der Waals surface area contributed by atoms with Crippen LogP contribution in [0.1, 0.15) is 27.2 Å². The van der Waals surface area contributed by atoms with E-state index in [0.717, 1.165) is 12.2 Å². The summed E-state index contributed by atoms with van der Waals surface area (Å²) in [5.41, 5.74) is 0.0116. The van der Waals surface area contributed by atoms with Crippen molar-refractivity contribution < 1.29 is 9.78 Å². The molecule has 2 nitrogen and oxygen atoms in total. The summed E-state index contributed by atoms with van der Waals surface area (Å²) in [6.07, 6.45) is 1.13. The minimum Gasteiger partial charge on any atom is -0.224 e. The lowest BCUT2D eigenvalue weighted by atomic mass is 9.82. The molecule has 0 radical (unpaired) electrons. The van der Waals surface area contributed by atoms with Gasteiger partial charge in [0.15, 0.2) is 4.93 Å². The van der Waals surface area contributed by atoms with Gasteiger partial charge in [-0.3, -0.25) is 0 Å². The molecule has 0 bridgehead atoms.